The third kappa shape index (κ3) is 6.26. The quantitative estimate of drug-likeness (QED) is 0.482. The lowest BCUT2D eigenvalue weighted by atomic mass is 9.81. The number of esters is 2. The van der Waals surface area contributed by atoms with E-state index in [1.165, 1.54) is 45.4 Å². The van der Waals surface area contributed by atoms with Crippen LogP contribution < -0.4 is 14.8 Å². The number of hydrogen-bond donors (Lipinski definition) is 1. The fraction of sp³-hybridized carbons (Fsp3) is 0.500. The second kappa shape index (κ2) is 11.7. The van der Waals surface area contributed by atoms with Crippen molar-refractivity contribution in [2.45, 2.75) is 77.9 Å². The number of methoxy groups -OCH3 is 1. The number of ether oxygens (including phenoxy) is 3. The van der Waals surface area contributed by atoms with Crippen LogP contribution in [0, 0.1) is 11.7 Å². The number of fused-ring (bicyclic) bond motifs is 1. The predicted octanol–water partition coefficient (Wildman–Crippen LogP) is 4.74. The third-order valence-corrected chi connectivity index (χ3v) is 6.87. The van der Waals surface area contributed by atoms with Crippen molar-refractivity contribution in [1.82, 2.24) is 10.3 Å². The zero-order valence-corrected chi connectivity index (χ0v) is 22.2. The molecule has 1 aliphatic carbocycles. The molecule has 37 heavy (non-hydrogen) atoms. The Bertz CT molecular complexity index is 1160. The van der Waals surface area contributed by atoms with Crippen molar-refractivity contribution in [2.24, 2.45) is 5.92 Å². The lowest BCUT2D eigenvalue weighted by Crippen LogP contribution is -2.52. The van der Waals surface area contributed by atoms with Crippen molar-refractivity contribution in [1.29, 1.82) is 0 Å². The number of pyridine rings is 1. The molecule has 0 fully saturated rings. The first-order valence-corrected chi connectivity index (χ1v) is 12.6. The molecule has 1 aromatic heterocycles. The molecule has 2 aromatic rings. The van der Waals surface area contributed by atoms with Gasteiger partial charge in [0.25, 0.3) is 5.91 Å². The molecule has 1 heterocycles. The molecular weight excluding hydrogens is 479 g/mol. The van der Waals surface area contributed by atoms with E-state index in [-0.39, 0.29) is 34.8 Å². The Morgan fingerprint density at radius 2 is 1.89 bits per heavy atom. The number of carbonyl (C=O) groups excluding carboxylic acids is 3. The standard InChI is InChI=1S/C28H35FN2O6/c1-7-17(8-2)26(33)37-24-22(35-6)13-14-30-23(24)25(32)31-28(4,5)27(34)36-21-12-9-18-15-19(29)10-11-20(18)16(21)3/h10-11,13-17,21H,7-9,12H2,1-6H3,(H,31,32). The highest BCUT2D eigenvalue weighted by molar-refractivity contribution is 5.99. The Morgan fingerprint density at radius 3 is 2.54 bits per heavy atom. The Balaban J connectivity index is 1.76. The first-order valence-electron chi connectivity index (χ1n) is 12.6. The van der Waals surface area contributed by atoms with Crippen LogP contribution in [0.3, 0.4) is 0 Å². The van der Waals surface area contributed by atoms with Gasteiger partial charge < -0.3 is 19.5 Å². The molecule has 0 saturated carbocycles. The minimum Gasteiger partial charge on any atom is -0.493 e. The van der Waals surface area contributed by atoms with E-state index in [0.717, 1.165) is 11.1 Å². The van der Waals surface area contributed by atoms with E-state index in [1.54, 1.807) is 6.07 Å². The van der Waals surface area contributed by atoms with Crippen LogP contribution in [0.15, 0.2) is 30.5 Å². The van der Waals surface area contributed by atoms with Crippen molar-refractivity contribution in [3.8, 4) is 11.5 Å². The van der Waals surface area contributed by atoms with E-state index in [0.29, 0.717) is 25.7 Å². The lowest BCUT2D eigenvalue weighted by molar-refractivity contribution is -0.157. The number of nitrogens with one attached hydrogen (secondary N) is 1. The van der Waals surface area contributed by atoms with E-state index in [4.69, 9.17) is 14.2 Å². The largest absolute Gasteiger partial charge is 0.493 e. The highest BCUT2D eigenvalue weighted by Gasteiger charge is 2.38. The number of benzene rings is 1. The summed E-state index contributed by atoms with van der Waals surface area (Å²) in [4.78, 5) is 43.1. The topological polar surface area (TPSA) is 104 Å². The monoisotopic (exact) mass is 514 g/mol. The van der Waals surface area contributed by atoms with Gasteiger partial charge in [0.1, 0.15) is 17.5 Å². The zero-order valence-electron chi connectivity index (χ0n) is 22.2. The van der Waals surface area contributed by atoms with Crippen molar-refractivity contribution in [3.05, 3.63) is 53.1 Å². The first kappa shape index (κ1) is 28.1. The summed E-state index contributed by atoms with van der Waals surface area (Å²) in [6, 6.07) is 6.13. The van der Waals surface area contributed by atoms with Gasteiger partial charge in [-0.2, -0.15) is 0 Å². The molecule has 0 radical (unpaired) electrons. The Kier molecular flexibility index (Phi) is 8.89. The molecule has 0 bridgehead atoms. The van der Waals surface area contributed by atoms with Gasteiger partial charge >= 0.3 is 11.9 Å². The summed E-state index contributed by atoms with van der Waals surface area (Å²) in [5, 5.41) is 2.65. The average Bonchev–Trinajstić information content (AvgIpc) is 2.86. The first-order chi connectivity index (χ1) is 17.5. The van der Waals surface area contributed by atoms with E-state index < -0.39 is 29.5 Å². The molecule has 8 nitrogen and oxygen atoms in total. The summed E-state index contributed by atoms with van der Waals surface area (Å²) < 4.78 is 30.3. The fourth-order valence-corrected chi connectivity index (χ4v) is 4.48. The van der Waals surface area contributed by atoms with Crippen molar-refractivity contribution < 1.29 is 33.0 Å². The van der Waals surface area contributed by atoms with Crippen molar-refractivity contribution >= 4 is 17.8 Å². The number of amides is 1. The summed E-state index contributed by atoms with van der Waals surface area (Å²) in [5.74, 6) is -2.52. The number of hydrogen-bond acceptors (Lipinski definition) is 7. The smallest absolute Gasteiger partial charge is 0.331 e. The van der Waals surface area contributed by atoms with Crippen LogP contribution in [0.2, 0.25) is 0 Å². The number of carbonyl (C=O) groups is 3. The molecule has 0 spiro atoms. The minimum atomic E-state index is -1.42. The minimum absolute atomic E-state index is 0.103. The summed E-state index contributed by atoms with van der Waals surface area (Å²) in [6.45, 7) is 8.74. The van der Waals surface area contributed by atoms with Crippen LogP contribution >= 0.6 is 0 Å². The molecule has 0 aliphatic heterocycles. The predicted molar refractivity (Wildman–Crippen MR) is 135 cm³/mol. The number of nitrogens with zero attached hydrogens (tertiary/aromatic N) is 1. The van der Waals surface area contributed by atoms with Gasteiger partial charge in [-0.1, -0.05) is 26.8 Å². The van der Waals surface area contributed by atoms with Gasteiger partial charge in [0.2, 0.25) is 5.75 Å². The number of aromatic nitrogens is 1. The van der Waals surface area contributed by atoms with Gasteiger partial charge in [0, 0.05) is 18.2 Å². The molecule has 0 saturated heterocycles. The van der Waals surface area contributed by atoms with Gasteiger partial charge in [-0.05, 0) is 62.8 Å². The number of halogens is 1. The van der Waals surface area contributed by atoms with E-state index in [9.17, 15) is 18.8 Å². The maximum atomic E-state index is 13.6. The van der Waals surface area contributed by atoms with Crippen LogP contribution in [-0.2, 0) is 20.7 Å². The Hall–Kier alpha value is -3.49. The van der Waals surface area contributed by atoms with E-state index >= 15 is 0 Å². The highest BCUT2D eigenvalue weighted by atomic mass is 19.1. The molecule has 9 heteroatoms. The van der Waals surface area contributed by atoms with Crippen molar-refractivity contribution in [3.63, 3.8) is 0 Å². The normalized spacial score (nSPS) is 17.1. The number of rotatable bonds is 9. The van der Waals surface area contributed by atoms with E-state index in [2.05, 4.69) is 10.3 Å². The van der Waals surface area contributed by atoms with Crippen LogP contribution in [0.5, 0.6) is 11.5 Å². The maximum Gasteiger partial charge on any atom is 0.331 e. The van der Waals surface area contributed by atoms with Crippen molar-refractivity contribution in [2.75, 3.05) is 7.11 Å². The second-order valence-corrected chi connectivity index (χ2v) is 9.82. The molecule has 1 N–H and O–H groups in total. The fourth-order valence-electron chi connectivity index (χ4n) is 4.48. The van der Waals surface area contributed by atoms with Gasteiger partial charge in [-0.15, -0.1) is 0 Å². The molecule has 200 valence electrons. The van der Waals surface area contributed by atoms with Crippen LogP contribution in [0.25, 0.3) is 0 Å². The van der Waals surface area contributed by atoms with Crippen LogP contribution in [0.4, 0.5) is 4.39 Å². The van der Waals surface area contributed by atoms with Gasteiger partial charge in [0.15, 0.2) is 11.4 Å². The summed E-state index contributed by atoms with van der Waals surface area (Å²) in [7, 11) is 1.39. The SMILES string of the molecule is CCC(CC)C(=O)Oc1c(OC)ccnc1C(=O)NC(C)(C)C(=O)OC1CCc2cc(F)ccc2C1C. The zero-order chi connectivity index (χ0) is 27.3. The third-order valence-electron chi connectivity index (χ3n) is 6.87. The van der Waals surface area contributed by atoms with Gasteiger partial charge in [-0.3, -0.25) is 9.59 Å². The summed E-state index contributed by atoms with van der Waals surface area (Å²) in [5.41, 5.74) is 0.256. The van der Waals surface area contributed by atoms with Gasteiger partial charge in [-0.25, -0.2) is 14.2 Å². The Morgan fingerprint density at radius 1 is 1.19 bits per heavy atom. The van der Waals surface area contributed by atoms with Gasteiger partial charge in [0.05, 0.1) is 13.0 Å². The van der Waals surface area contributed by atoms with E-state index in [1.807, 2.05) is 20.8 Å². The molecule has 1 aromatic carbocycles. The van der Waals surface area contributed by atoms with Crippen LogP contribution in [0.1, 0.15) is 81.4 Å². The molecule has 1 aliphatic rings. The molecule has 2 atom stereocenters. The average molecular weight is 515 g/mol. The lowest BCUT2D eigenvalue weighted by Gasteiger charge is -2.34. The molecule has 2 unspecified atom stereocenters. The molecule has 1 amide bonds. The summed E-state index contributed by atoms with van der Waals surface area (Å²) >= 11 is 0. The maximum absolute atomic E-state index is 13.6. The highest BCUT2D eigenvalue weighted by Crippen LogP contribution is 2.35. The molecular formula is C28H35FN2O6. The number of aryl methyl sites for hydroxylation is 1. The Labute approximate surface area is 216 Å². The molecule has 3 rings (SSSR count). The second-order valence-electron chi connectivity index (χ2n) is 9.82. The summed E-state index contributed by atoms with van der Waals surface area (Å²) in [6.07, 6.45) is 3.22. The van der Waals surface area contributed by atoms with Crippen LogP contribution in [-0.4, -0.2) is 41.6 Å².